The van der Waals surface area contributed by atoms with E-state index in [0.717, 1.165) is 19.4 Å². The van der Waals surface area contributed by atoms with Gasteiger partial charge in [0.25, 0.3) is 0 Å². The summed E-state index contributed by atoms with van der Waals surface area (Å²) in [7, 11) is 2.77. The minimum absolute atomic E-state index is 0. The van der Waals surface area contributed by atoms with Crippen molar-refractivity contribution in [3.63, 3.8) is 0 Å². The van der Waals surface area contributed by atoms with Gasteiger partial charge in [0.2, 0.25) is 0 Å². The molecular weight excluding hydrogens is 688 g/mol. The van der Waals surface area contributed by atoms with Crippen LogP contribution in [-0.4, -0.2) is 110 Å². The highest BCUT2D eigenvalue weighted by molar-refractivity contribution is 5.85. The van der Waals surface area contributed by atoms with Gasteiger partial charge in [0, 0.05) is 58.7 Å². The largest absolute Gasteiger partial charge is 0.468 e. The number of methoxy groups -OCH3 is 2. The van der Waals surface area contributed by atoms with E-state index in [9.17, 15) is 19.2 Å². The lowest BCUT2D eigenvalue weighted by molar-refractivity contribution is -0.146. The van der Waals surface area contributed by atoms with Gasteiger partial charge in [-0.2, -0.15) is 0 Å². The second-order valence-corrected chi connectivity index (χ2v) is 15.1. The van der Waals surface area contributed by atoms with Crippen molar-refractivity contribution in [3.8, 4) is 0 Å². The molecule has 12 nitrogen and oxygen atoms in total. The van der Waals surface area contributed by atoms with Crippen LogP contribution in [0.4, 0.5) is 9.59 Å². The van der Waals surface area contributed by atoms with Crippen molar-refractivity contribution in [2.75, 3.05) is 46.9 Å². The maximum absolute atomic E-state index is 12.8. The monoisotopic (exact) mass is 742 g/mol. The summed E-state index contributed by atoms with van der Waals surface area (Å²) in [5, 5.41) is 3.01. The molecule has 4 aliphatic heterocycles. The molecule has 2 amide bonds. The Morgan fingerprint density at radius 2 is 1.27 bits per heavy atom. The molecule has 6 rings (SSSR count). The standard InChI is InChI=1S/C23H34N2O4.C16H20N2O4.ClH/c1-16(23(2,3)4)13-25-15-19(12-20(25)21(26)28-5)29-22(27)24-11-10-17-8-6-7-9-18(17)14-24;1-21-15(19)14-8-13(9-17-14)22-16(20)18-7-6-11-4-2-3-5-12(11)10-18;/h6-9,16,19-20H,10-15H2,1-5H3;2-5,13-14,17H,6-10H2,1H3;1H/t16-,19-,20+;13-,14+;/m11./s1. The van der Waals surface area contributed by atoms with E-state index in [-0.39, 0.29) is 66.2 Å². The SMILES string of the molecule is COC(=O)[C@@H]1C[C@@H](OC(=O)N2CCc3ccccc3C2)CN1.COC(=O)[C@@H]1C[C@@H](OC(=O)N2CCc3ccccc3C2)CN1C[C@@H](C)C(C)(C)C.Cl. The lowest BCUT2D eigenvalue weighted by Crippen LogP contribution is -2.42. The molecule has 4 aliphatic rings. The Kier molecular flexibility index (Phi) is 14.4. The van der Waals surface area contributed by atoms with Gasteiger partial charge in [-0.1, -0.05) is 76.2 Å². The molecule has 0 saturated carbocycles. The number of hydrogen-bond acceptors (Lipinski definition) is 10. The van der Waals surface area contributed by atoms with Crippen LogP contribution >= 0.6 is 12.4 Å². The Hall–Kier alpha value is -3.87. The summed E-state index contributed by atoms with van der Waals surface area (Å²) < 4.78 is 21.0. The fourth-order valence-electron chi connectivity index (χ4n) is 7.01. The molecule has 0 aromatic heterocycles. The fraction of sp³-hybridized carbons (Fsp3) is 0.590. The summed E-state index contributed by atoms with van der Waals surface area (Å²) in [5.41, 5.74) is 5.07. The number of ether oxygens (including phenoxy) is 4. The number of rotatable bonds is 6. The van der Waals surface area contributed by atoms with Crippen molar-refractivity contribution < 1.29 is 38.1 Å². The first-order valence-corrected chi connectivity index (χ1v) is 18.0. The first-order valence-electron chi connectivity index (χ1n) is 18.0. The summed E-state index contributed by atoms with van der Waals surface area (Å²) >= 11 is 0. The first-order chi connectivity index (χ1) is 24.4. The normalized spacial score (nSPS) is 23.1. The quantitative estimate of drug-likeness (QED) is 0.320. The van der Waals surface area contributed by atoms with E-state index in [2.05, 4.69) is 56.1 Å². The summed E-state index contributed by atoms with van der Waals surface area (Å²) in [5.74, 6) is -0.176. The van der Waals surface area contributed by atoms with Gasteiger partial charge >= 0.3 is 24.1 Å². The van der Waals surface area contributed by atoms with E-state index in [1.807, 2.05) is 30.3 Å². The smallest absolute Gasteiger partial charge is 0.410 e. The minimum atomic E-state index is -0.384. The predicted molar refractivity (Wildman–Crippen MR) is 198 cm³/mol. The number of hydrogen-bond donors (Lipinski definition) is 1. The van der Waals surface area contributed by atoms with E-state index < -0.39 is 0 Å². The van der Waals surface area contributed by atoms with Gasteiger partial charge in [-0.15, -0.1) is 12.4 Å². The van der Waals surface area contributed by atoms with E-state index in [1.54, 1.807) is 9.80 Å². The number of amides is 2. The van der Waals surface area contributed by atoms with Crippen molar-refractivity contribution in [2.45, 2.75) is 90.8 Å². The number of nitrogens with one attached hydrogen (secondary N) is 1. The molecule has 13 heteroatoms. The lowest BCUT2D eigenvalue weighted by atomic mass is 9.82. The average Bonchev–Trinajstić information content (AvgIpc) is 3.77. The molecule has 1 N–H and O–H groups in total. The molecule has 5 atom stereocenters. The Balaban J connectivity index is 0.000000236. The van der Waals surface area contributed by atoms with Crippen molar-refractivity contribution >= 4 is 36.5 Å². The van der Waals surface area contributed by atoms with Crippen LogP contribution in [0.25, 0.3) is 0 Å². The van der Waals surface area contributed by atoms with Crippen molar-refractivity contribution in [2.24, 2.45) is 11.3 Å². The molecule has 0 radical (unpaired) electrons. The third-order valence-electron chi connectivity index (χ3n) is 10.7. The van der Waals surface area contributed by atoms with Gasteiger partial charge in [-0.3, -0.25) is 14.5 Å². The highest BCUT2D eigenvalue weighted by Crippen LogP contribution is 2.31. The number of fused-ring (bicyclic) bond motifs is 2. The summed E-state index contributed by atoms with van der Waals surface area (Å²) in [6.45, 7) is 13.1. The average molecular weight is 743 g/mol. The van der Waals surface area contributed by atoms with Crippen molar-refractivity contribution in [1.29, 1.82) is 0 Å². The molecule has 52 heavy (non-hydrogen) atoms. The maximum atomic E-state index is 12.8. The Morgan fingerprint density at radius 3 is 1.77 bits per heavy atom. The van der Waals surface area contributed by atoms with Gasteiger partial charge < -0.3 is 34.1 Å². The van der Waals surface area contributed by atoms with E-state index in [0.29, 0.717) is 58.0 Å². The molecule has 0 bridgehead atoms. The molecule has 2 aromatic rings. The maximum Gasteiger partial charge on any atom is 0.410 e. The van der Waals surface area contributed by atoms with E-state index in [1.165, 1.54) is 36.5 Å². The number of carbonyl (C=O) groups excluding carboxylic acids is 4. The zero-order chi connectivity index (χ0) is 36.7. The van der Waals surface area contributed by atoms with Crippen LogP contribution in [0.5, 0.6) is 0 Å². The van der Waals surface area contributed by atoms with Gasteiger partial charge in [-0.25, -0.2) is 9.59 Å². The van der Waals surface area contributed by atoms with Crippen LogP contribution in [0.2, 0.25) is 0 Å². The van der Waals surface area contributed by atoms with Gasteiger partial charge in [0.05, 0.1) is 14.2 Å². The molecule has 2 aromatic carbocycles. The molecule has 4 heterocycles. The minimum Gasteiger partial charge on any atom is -0.468 e. The van der Waals surface area contributed by atoms with Gasteiger partial charge in [-0.05, 0) is 46.4 Å². The van der Waals surface area contributed by atoms with Crippen LogP contribution in [0.3, 0.4) is 0 Å². The zero-order valence-electron chi connectivity index (χ0n) is 31.3. The zero-order valence-corrected chi connectivity index (χ0v) is 32.1. The second-order valence-electron chi connectivity index (χ2n) is 15.1. The number of likely N-dealkylation sites (tertiary alicyclic amines) is 1. The molecule has 286 valence electrons. The number of nitrogens with zero attached hydrogens (tertiary/aromatic N) is 3. The summed E-state index contributed by atoms with van der Waals surface area (Å²) in [6, 6.07) is 15.6. The molecule has 2 fully saturated rings. The van der Waals surface area contributed by atoms with E-state index in [4.69, 9.17) is 18.9 Å². The van der Waals surface area contributed by atoms with Crippen LogP contribution < -0.4 is 5.32 Å². The Morgan fingerprint density at radius 1 is 0.769 bits per heavy atom. The third kappa shape index (κ3) is 10.4. The van der Waals surface area contributed by atoms with Crippen LogP contribution in [0.1, 0.15) is 62.8 Å². The highest BCUT2D eigenvalue weighted by Gasteiger charge is 2.41. The Labute approximate surface area is 313 Å². The van der Waals surface area contributed by atoms with Gasteiger partial charge in [0.15, 0.2) is 0 Å². The van der Waals surface area contributed by atoms with Crippen LogP contribution in [0, 0.1) is 11.3 Å². The molecule has 0 spiro atoms. The number of halogens is 1. The second kappa shape index (κ2) is 18.3. The summed E-state index contributed by atoms with van der Waals surface area (Å²) in [6.07, 6.45) is 1.45. The predicted octanol–water partition coefficient (Wildman–Crippen LogP) is 4.99. The Bertz CT molecular complexity index is 1550. The van der Waals surface area contributed by atoms with E-state index >= 15 is 0 Å². The molecule has 0 aliphatic carbocycles. The van der Waals surface area contributed by atoms with Crippen LogP contribution in [-0.2, 0) is 54.5 Å². The topological polar surface area (TPSA) is 127 Å². The van der Waals surface area contributed by atoms with Crippen LogP contribution in [0.15, 0.2) is 48.5 Å². The highest BCUT2D eigenvalue weighted by atomic mass is 35.5. The number of benzene rings is 2. The molecule has 2 saturated heterocycles. The number of carbonyl (C=O) groups is 4. The van der Waals surface area contributed by atoms with Crippen molar-refractivity contribution in [1.82, 2.24) is 20.0 Å². The summed E-state index contributed by atoms with van der Waals surface area (Å²) in [4.78, 5) is 54.4. The third-order valence-corrected chi connectivity index (χ3v) is 10.7. The lowest BCUT2D eigenvalue weighted by Gasteiger charge is -2.33. The first kappa shape index (κ1) is 40.9. The molecular formula is C39H55ClN4O8. The van der Waals surface area contributed by atoms with Gasteiger partial charge in [0.1, 0.15) is 24.3 Å². The van der Waals surface area contributed by atoms with Crippen molar-refractivity contribution in [3.05, 3.63) is 70.8 Å². The molecule has 0 unspecified atom stereocenters. The number of esters is 2. The fourth-order valence-corrected chi connectivity index (χ4v) is 7.01.